The van der Waals surface area contributed by atoms with Gasteiger partial charge < -0.3 is 0 Å². The van der Waals surface area contributed by atoms with Crippen LogP contribution in [0.3, 0.4) is 0 Å². The predicted molar refractivity (Wildman–Crippen MR) is 135 cm³/mol. The van der Waals surface area contributed by atoms with E-state index < -0.39 is 0 Å². The second-order valence-electron chi connectivity index (χ2n) is 10.1. The molecule has 0 heterocycles. The first-order chi connectivity index (χ1) is 14.8. The molecule has 3 aromatic rings. The van der Waals surface area contributed by atoms with E-state index in [1.165, 1.54) is 33.4 Å². The number of hydrogen-bond acceptors (Lipinski definition) is 0. The molecule has 0 saturated heterocycles. The fourth-order valence-electron chi connectivity index (χ4n) is 4.91. The van der Waals surface area contributed by atoms with E-state index in [0.29, 0.717) is 5.92 Å². The van der Waals surface area contributed by atoms with Crippen molar-refractivity contribution in [2.45, 2.75) is 51.9 Å². The number of hydrogen-bond donors (Lipinski definition) is 0. The Kier molecular flexibility index (Phi) is 5.75. The highest BCUT2D eigenvalue weighted by molar-refractivity contribution is 5.72. The fourth-order valence-corrected chi connectivity index (χ4v) is 4.91. The Bertz CT molecular complexity index is 1090. The van der Waals surface area contributed by atoms with Crippen LogP contribution in [0.5, 0.6) is 0 Å². The molecule has 158 valence electrons. The SMILES string of the molecule is CC1C=CC=CC1(C)c1c(C(C)(C)C)ccc(-c2ccccc2)c1Cc1ccccc1. The van der Waals surface area contributed by atoms with Crippen molar-refractivity contribution in [3.05, 3.63) is 119 Å². The molecule has 3 aromatic carbocycles. The van der Waals surface area contributed by atoms with Gasteiger partial charge in [0.05, 0.1) is 0 Å². The maximum Gasteiger partial charge on any atom is 0.0173 e. The van der Waals surface area contributed by atoms with Gasteiger partial charge in [0.2, 0.25) is 0 Å². The molecule has 0 aromatic heterocycles. The first-order valence-corrected chi connectivity index (χ1v) is 11.4. The molecule has 0 aliphatic heterocycles. The molecule has 2 unspecified atom stereocenters. The smallest absolute Gasteiger partial charge is 0.0173 e. The Morgan fingerprint density at radius 3 is 2.06 bits per heavy atom. The Morgan fingerprint density at radius 1 is 0.806 bits per heavy atom. The zero-order valence-corrected chi connectivity index (χ0v) is 19.5. The van der Waals surface area contributed by atoms with Crippen molar-refractivity contribution in [3.63, 3.8) is 0 Å². The van der Waals surface area contributed by atoms with Gasteiger partial charge in [-0.25, -0.2) is 0 Å². The summed E-state index contributed by atoms with van der Waals surface area (Å²) >= 11 is 0. The van der Waals surface area contributed by atoms with Crippen LogP contribution in [0.4, 0.5) is 0 Å². The van der Waals surface area contributed by atoms with Gasteiger partial charge in [-0.2, -0.15) is 0 Å². The molecule has 31 heavy (non-hydrogen) atoms. The maximum atomic E-state index is 2.42. The largest absolute Gasteiger partial charge is 0.0805 e. The lowest BCUT2D eigenvalue weighted by Gasteiger charge is -2.40. The molecule has 0 amide bonds. The normalized spacial score (nSPS) is 20.7. The van der Waals surface area contributed by atoms with E-state index in [-0.39, 0.29) is 10.8 Å². The van der Waals surface area contributed by atoms with Crippen molar-refractivity contribution >= 4 is 0 Å². The summed E-state index contributed by atoms with van der Waals surface area (Å²) < 4.78 is 0. The van der Waals surface area contributed by atoms with E-state index in [1.807, 2.05) is 0 Å². The number of benzene rings is 3. The summed E-state index contributed by atoms with van der Waals surface area (Å²) in [6, 6.07) is 26.5. The van der Waals surface area contributed by atoms with E-state index in [0.717, 1.165) is 6.42 Å². The summed E-state index contributed by atoms with van der Waals surface area (Å²) in [4.78, 5) is 0. The van der Waals surface area contributed by atoms with E-state index in [1.54, 1.807) is 0 Å². The van der Waals surface area contributed by atoms with Crippen molar-refractivity contribution in [1.82, 2.24) is 0 Å². The molecule has 0 N–H and O–H groups in total. The Hall–Kier alpha value is -2.86. The van der Waals surface area contributed by atoms with Crippen molar-refractivity contribution in [2.75, 3.05) is 0 Å². The van der Waals surface area contributed by atoms with Crippen LogP contribution in [0.2, 0.25) is 0 Å². The van der Waals surface area contributed by atoms with Crippen LogP contribution in [0, 0.1) is 5.92 Å². The summed E-state index contributed by atoms with van der Waals surface area (Å²) in [6.07, 6.45) is 10.1. The average molecular weight is 407 g/mol. The van der Waals surface area contributed by atoms with Gasteiger partial charge >= 0.3 is 0 Å². The van der Waals surface area contributed by atoms with E-state index >= 15 is 0 Å². The molecule has 1 aliphatic rings. The maximum absolute atomic E-state index is 2.42. The highest BCUT2D eigenvalue weighted by atomic mass is 14.4. The Morgan fingerprint density at radius 2 is 1.45 bits per heavy atom. The summed E-state index contributed by atoms with van der Waals surface area (Å²) in [6.45, 7) is 11.8. The summed E-state index contributed by atoms with van der Waals surface area (Å²) in [5.41, 5.74) is 8.42. The molecule has 0 bridgehead atoms. The minimum atomic E-state index is -0.0493. The summed E-state index contributed by atoms with van der Waals surface area (Å²) in [7, 11) is 0. The number of allylic oxidation sites excluding steroid dienone is 4. The second-order valence-corrected chi connectivity index (χ2v) is 10.1. The lowest BCUT2D eigenvalue weighted by molar-refractivity contribution is 0.439. The Labute approximate surface area is 188 Å². The summed E-state index contributed by atoms with van der Waals surface area (Å²) in [5, 5.41) is 0. The third kappa shape index (κ3) is 4.17. The van der Waals surface area contributed by atoms with Gasteiger partial charge in [-0.3, -0.25) is 0 Å². The van der Waals surface area contributed by atoms with Crippen LogP contribution >= 0.6 is 0 Å². The molecule has 4 rings (SSSR count). The van der Waals surface area contributed by atoms with Crippen LogP contribution < -0.4 is 0 Å². The van der Waals surface area contributed by atoms with Gasteiger partial charge in [0.1, 0.15) is 0 Å². The zero-order chi connectivity index (χ0) is 22.1. The zero-order valence-electron chi connectivity index (χ0n) is 19.5. The van der Waals surface area contributed by atoms with E-state index in [2.05, 4.69) is 132 Å². The van der Waals surface area contributed by atoms with Crippen LogP contribution in [0.25, 0.3) is 11.1 Å². The number of rotatable bonds is 4. The van der Waals surface area contributed by atoms with Gasteiger partial charge in [-0.1, -0.05) is 132 Å². The molecular formula is C31H34. The standard InChI is InChI=1S/C31H34/c1-23-14-12-13-21-31(23,5)29-27(22-24-15-8-6-9-16-24)26(25-17-10-7-11-18-25)19-20-28(29)30(2,3)4/h6-21,23H,22H2,1-5H3. The first kappa shape index (κ1) is 21.4. The third-order valence-electron chi connectivity index (χ3n) is 6.87. The second kappa shape index (κ2) is 8.35. The highest BCUT2D eigenvalue weighted by Gasteiger charge is 2.37. The third-order valence-corrected chi connectivity index (χ3v) is 6.87. The van der Waals surface area contributed by atoms with Gasteiger partial charge in [0.15, 0.2) is 0 Å². The molecule has 0 fully saturated rings. The molecule has 0 nitrogen and oxygen atoms in total. The van der Waals surface area contributed by atoms with Crippen molar-refractivity contribution in [2.24, 2.45) is 5.92 Å². The fraction of sp³-hybridized carbons (Fsp3) is 0.290. The van der Waals surface area contributed by atoms with Crippen molar-refractivity contribution in [3.8, 4) is 11.1 Å². The van der Waals surface area contributed by atoms with Crippen molar-refractivity contribution < 1.29 is 0 Å². The predicted octanol–water partition coefficient (Wildman–Crippen LogP) is 8.26. The topological polar surface area (TPSA) is 0 Å². The van der Waals surface area contributed by atoms with Gasteiger partial charge in [-0.05, 0) is 51.1 Å². The molecular weight excluding hydrogens is 372 g/mol. The highest BCUT2D eigenvalue weighted by Crippen LogP contribution is 2.46. The van der Waals surface area contributed by atoms with E-state index in [4.69, 9.17) is 0 Å². The molecule has 0 spiro atoms. The monoisotopic (exact) mass is 406 g/mol. The quantitative estimate of drug-likeness (QED) is 0.409. The van der Waals surface area contributed by atoms with Gasteiger partial charge in [-0.15, -0.1) is 0 Å². The van der Waals surface area contributed by atoms with Crippen LogP contribution in [0.1, 0.15) is 56.9 Å². The molecule has 2 atom stereocenters. The summed E-state index contributed by atoms with van der Waals surface area (Å²) in [5.74, 6) is 0.430. The molecule has 0 radical (unpaired) electrons. The van der Waals surface area contributed by atoms with Crippen LogP contribution in [0.15, 0.2) is 97.1 Å². The molecule has 1 aliphatic carbocycles. The van der Waals surface area contributed by atoms with E-state index in [9.17, 15) is 0 Å². The molecule has 0 saturated carbocycles. The van der Waals surface area contributed by atoms with Crippen LogP contribution in [-0.2, 0) is 17.3 Å². The lowest BCUT2D eigenvalue weighted by Crippen LogP contribution is -2.33. The van der Waals surface area contributed by atoms with Gasteiger partial charge in [0, 0.05) is 5.41 Å². The lowest BCUT2D eigenvalue weighted by atomic mass is 9.63. The van der Waals surface area contributed by atoms with Crippen molar-refractivity contribution in [1.29, 1.82) is 0 Å². The minimum absolute atomic E-state index is 0.0493. The Balaban J connectivity index is 2.06. The van der Waals surface area contributed by atoms with Gasteiger partial charge in [0.25, 0.3) is 0 Å². The average Bonchev–Trinajstić information content (AvgIpc) is 2.76. The minimum Gasteiger partial charge on any atom is -0.0805 e. The molecule has 0 heteroatoms. The first-order valence-electron chi connectivity index (χ1n) is 11.4. The van der Waals surface area contributed by atoms with Crippen LogP contribution in [-0.4, -0.2) is 0 Å².